The molecule has 0 amide bonds. The number of halogens is 1. The van der Waals surface area contributed by atoms with Crippen molar-refractivity contribution in [3.8, 4) is 0 Å². The smallest absolute Gasteiger partial charge is 0.172 e. The fraction of sp³-hybridized carbons (Fsp3) is 0.667. The van der Waals surface area contributed by atoms with Crippen molar-refractivity contribution >= 4 is 23.1 Å². The Morgan fingerprint density at radius 1 is 1.29 bits per heavy atom. The third kappa shape index (κ3) is 1.95. The first kappa shape index (κ1) is 11.1. The van der Waals surface area contributed by atoms with Crippen LogP contribution in [-0.4, -0.2) is 30.3 Å². The van der Waals surface area contributed by atoms with E-state index >= 15 is 0 Å². The Labute approximate surface area is 106 Å². The van der Waals surface area contributed by atoms with Crippen LogP contribution in [0.3, 0.4) is 0 Å². The quantitative estimate of drug-likeness (QED) is 0.878. The molecule has 1 N–H and O–H groups in total. The van der Waals surface area contributed by atoms with Gasteiger partial charge in [0.25, 0.3) is 0 Å². The Bertz CT molecular complexity index is 411. The number of rotatable bonds is 2. The van der Waals surface area contributed by atoms with Crippen LogP contribution in [0.25, 0.3) is 0 Å². The molecule has 0 aromatic carbocycles. The maximum absolute atomic E-state index is 5.94. The number of hydrogen-bond donors (Lipinski definition) is 1. The second-order valence-corrected chi connectivity index (χ2v) is 5.39. The summed E-state index contributed by atoms with van der Waals surface area (Å²) in [5, 5.41) is 11.5. The number of anilines is 2. The van der Waals surface area contributed by atoms with Crippen LogP contribution in [0.5, 0.6) is 0 Å². The standard InChI is InChI=1S/C12H17ClN4/c1-14-12-10(5-11(13)15-16-12)17-6-8-3-2-4-9(8)7-17/h5,8-9H,2-4,6-7H2,1H3,(H,14,16). The molecule has 3 rings (SSSR count). The van der Waals surface area contributed by atoms with Gasteiger partial charge in [-0.1, -0.05) is 18.0 Å². The van der Waals surface area contributed by atoms with Crippen molar-refractivity contribution in [2.75, 3.05) is 30.4 Å². The summed E-state index contributed by atoms with van der Waals surface area (Å²) in [6.45, 7) is 2.28. The first-order valence-electron chi connectivity index (χ1n) is 6.24. The third-order valence-electron chi connectivity index (χ3n) is 4.05. The fourth-order valence-corrected chi connectivity index (χ4v) is 3.35. The second kappa shape index (κ2) is 4.33. The van der Waals surface area contributed by atoms with Gasteiger partial charge in [-0.15, -0.1) is 10.2 Å². The van der Waals surface area contributed by atoms with Gasteiger partial charge in [-0.2, -0.15) is 0 Å². The zero-order chi connectivity index (χ0) is 11.8. The average Bonchev–Trinajstić information content (AvgIpc) is 2.88. The van der Waals surface area contributed by atoms with E-state index in [1.54, 1.807) is 0 Å². The molecule has 2 atom stereocenters. The highest BCUT2D eigenvalue weighted by Crippen LogP contribution is 2.41. The van der Waals surface area contributed by atoms with Crippen molar-refractivity contribution in [2.45, 2.75) is 19.3 Å². The zero-order valence-corrected chi connectivity index (χ0v) is 10.7. The molecule has 92 valence electrons. The molecule has 2 fully saturated rings. The number of aromatic nitrogens is 2. The predicted octanol–water partition coefficient (Wildman–Crippen LogP) is 2.41. The summed E-state index contributed by atoms with van der Waals surface area (Å²) in [7, 11) is 1.87. The van der Waals surface area contributed by atoms with Gasteiger partial charge in [0.05, 0.1) is 5.69 Å². The lowest BCUT2D eigenvalue weighted by Gasteiger charge is -2.21. The van der Waals surface area contributed by atoms with E-state index in [0.29, 0.717) is 5.15 Å². The molecule has 1 aromatic rings. The summed E-state index contributed by atoms with van der Waals surface area (Å²) in [5.41, 5.74) is 1.10. The monoisotopic (exact) mass is 252 g/mol. The molecule has 4 nitrogen and oxygen atoms in total. The first-order valence-corrected chi connectivity index (χ1v) is 6.61. The van der Waals surface area contributed by atoms with E-state index < -0.39 is 0 Å². The van der Waals surface area contributed by atoms with Gasteiger partial charge in [-0.25, -0.2) is 0 Å². The summed E-state index contributed by atoms with van der Waals surface area (Å²) in [6, 6.07) is 1.92. The van der Waals surface area contributed by atoms with Gasteiger partial charge in [0.1, 0.15) is 0 Å². The summed E-state index contributed by atoms with van der Waals surface area (Å²) >= 11 is 5.94. The summed E-state index contributed by atoms with van der Waals surface area (Å²) in [6.07, 6.45) is 4.15. The minimum atomic E-state index is 0.469. The highest BCUT2D eigenvalue weighted by Gasteiger charge is 2.36. The SMILES string of the molecule is CNc1nnc(Cl)cc1N1CC2CCCC2C1. The van der Waals surface area contributed by atoms with Gasteiger partial charge in [-0.3, -0.25) is 0 Å². The first-order chi connectivity index (χ1) is 8.28. The zero-order valence-electron chi connectivity index (χ0n) is 9.99. The minimum absolute atomic E-state index is 0.469. The van der Waals surface area contributed by atoms with Gasteiger partial charge in [0.15, 0.2) is 11.0 Å². The fourth-order valence-electron chi connectivity index (χ4n) is 3.21. The van der Waals surface area contributed by atoms with Crippen LogP contribution in [0.4, 0.5) is 11.5 Å². The summed E-state index contributed by atoms with van der Waals surface area (Å²) in [5.74, 6) is 2.56. The molecule has 2 unspecified atom stereocenters. The van der Waals surface area contributed by atoms with Crippen molar-refractivity contribution in [1.82, 2.24) is 10.2 Å². The average molecular weight is 253 g/mol. The van der Waals surface area contributed by atoms with E-state index in [2.05, 4.69) is 20.4 Å². The van der Waals surface area contributed by atoms with Crippen molar-refractivity contribution in [3.05, 3.63) is 11.2 Å². The van der Waals surface area contributed by atoms with Crippen LogP contribution in [0.2, 0.25) is 5.15 Å². The predicted molar refractivity (Wildman–Crippen MR) is 69.6 cm³/mol. The molecule has 0 radical (unpaired) electrons. The molecule has 1 saturated carbocycles. The highest BCUT2D eigenvalue weighted by atomic mass is 35.5. The van der Waals surface area contributed by atoms with E-state index in [4.69, 9.17) is 11.6 Å². The molecule has 5 heteroatoms. The van der Waals surface area contributed by atoms with E-state index in [-0.39, 0.29) is 0 Å². The summed E-state index contributed by atoms with van der Waals surface area (Å²) < 4.78 is 0. The molecule has 0 spiro atoms. The van der Waals surface area contributed by atoms with Crippen LogP contribution < -0.4 is 10.2 Å². The van der Waals surface area contributed by atoms with Gasteiger partial charge in [-0.05, 0) is 24.7 Å². The van der Waals surface area contributed by atoms with Gasteiger partial charge in [0, 0.05) is 26.2 Å². The molecule has 1 aliphatic carbocycles. The molecule has 17 heavy (non-hydrogen) atoms. The van der Waals surface area contributed by atoms with Gasteiger partial charge in [0.2, 0.25) is 0 Å². The number of nitrogens with one attached hydrogen (secondary N) is 1. The highest BCUT2D eigenvalue weighted by molar-refractivity contribution is 6.29. The Kier molecular flexibility index (Phi) is 2.82. The van der Waals surface area contributed by atoms with Crippen molar-refractivity contribution < 1.29 is 0 Å². The largest absolute Gasteiger partial charge is 0.370 e. The van der Waals surface area contributed by atoms with Crippen LogP contribution in [0.1, 0.15) is 19.3 Å². The van der Waals surface area contributed by atoms with Crippen LogP contribution in [-0.2, 0) is 0 Å². The van der Waals surface area contributed by atoms with Crippen LogP contribution in [0.15, 0.2) is 6.07 Å². The molecule has 1 saturated heterocycles. The van der Waals surface area contributed by atoms with Crippen molar-refractivity contribution in [3.63, 3.8) is 0 Å². The Balaban J connectivity index is 1.87. The summed E-state index contributed by atoms with van der Waals surface area (Å²) in [4.78, 5) is 2.40. The van der Waals surface area contributed by atoms with E-state index in [9.17, 15) is 0 Å². The lowest BCUT2D eigenvalue weighted by atomic mass is 10.0. The minimum Gasteiger partial charge on any atom is -0.370 e. The van der Waals surface area contributed by atoms with Crippen molar-refractivity contribution in [2.24, 2.45) is 11.8 Å². The van der Waals surface area contributed by atoms with E-state index in [0.717, 1.165) is 36.4 Å². The number of fused-ring (bicyclic) bond motifs is 1. The van der Waals surface area contributed by atoms with E-state index in [1.165, 1.54) is 19.3 Å². The molecule has 2 aliphatic rings. The molecule has 1 aliphatic heterocycles. The molecule has 0 bridgehead atoms. The topological polar surface area (TPSA) is 41.1 Å². The number of hydrogen-bond acceptors (Lipinski definition) is 4. The van der Waals surface area contributed by atoms with E-state index in [1.807, 2.05) is 13.1 Å². The van der Waals surface area contributed by atoms with Gasteiger partial charge >= 0.3 is 0 Å². The van der Waals surface area contributed by atoms with Crippen molar-refractivity contribution in [1.29, 1.82) is 0 Å². The molecule has 2 heterocycles. The number of nitrogens with zero attached hydrogens (tertiary/aromatic N) is 3. The molecular weight excluding hydrogens is 236 g/mol. The maximum Gasteiger partial charge on any atom is 0.172 e. The third-order valence-corrected chi connectivity index (χ3v) is 4.23. The molecular formula is C12H17ClN4. The lowest BCUT2D eigenvalue weighted by Crippen LogP contribution is -2.22. The lowest BCUT2D eigenvalue weighted by molar-refractivity contribution is 0.494. The Hall–Kier alpha value is -1.03. The van der Waals surface area contributed by atoms with Crippen LogP contribution >= 0.6 is 11.6 Å². The molecule has 1 aromatic heterocycles. The van der Waals surface area contributed by atoms with Crippen LogP contribution in [0, 0.1) is 11.8 Å². The van der Waals surface area contributed by atoms with Gasteiger partial charge < -0.3 is 10.2 Å². The normalized spacial score (nSPS) is 27.3. The Morgan fingerprint density at radius 3 is 2.65 bits per heavy atom. The maximum atomic E-state index is 5.94. The second-order valence-electron chi connectivity index (χ2n) is 5.01. The Morgan fingerprint density at radius 2 is 2.00 bits per heavy atom.